The first-order valence-corrected chi connectivity index (χ1v) is 12.4. The third kappa shape index (κ3) is 3.69. The van der Waals surface area contributed by atoms with Crippen molar-refractivity contribution in [2.24, 2.45) is 0 Å². The maximum Gasteiger partial charge on any atom is 0.269 e. The summed E-state index contributed by atoms with van der Waals surface area (Å²) in [6, 6.07) is 10.4. The van der Waals surface area contributed by atoms with E-state index < -0.39 is 15.8 Å². The Morgan fingerprint density at radius 2 is 1.72 bits per heavy atom. The van der Waals surface area contributed by atoms with Gasteiger partial charge in [-0.1, -0.05) is 25.0 Å². The summed E-state index contributed by atoms with van der Waals surface area (Å²) in [5.41, 5.74) is 1.01. The Morgan fingerprint density at radius 3 is 2.44 bits per heavy atom. The van der Waals surface area contributed by atoms with Gasteiger partial charge >= 0.3 is 0 Å². The van der Waals surface area contributed by atoms with E-state index in [1.54, 1.807) is 18.2 Å². The smallest absolute Gasteiger partial charge is 0.269 e. The van der Waals surface area contributed by atoms with Crippen LogP contribution < -0.4 is 0 Å². The van der Waals surface area contributed by atoms with Crippen LogP contribution in [-0.4, -0.2) is 65.3 Å². The van der Waals surface area contributed by atoms with Crippen LogP contribution in [0.3, 0.4) is 0 Å². The zero-order valence-corrected chi connectivity index (χ0v) is 18.5. The van der Waals surface area contributed by atoms with Crippen molar-refractivity contribution in [2.45, 2.75) is 36.6 Å². The standard InChI is InChI=1S/C23H25FN4O3S/c24-17-5-3-8-19(15-17)32(30,31)28-16-25-22-20(9-4-10-21(22)28)23(29)27-13-11-26(12-14-27)18-6-1-2-7-18/h3-5,8-10,15-16,18H,1-2,6-7,11-14H2. The minimum atomic E-state index is -4.05. The number of aromatic nitrogens is 2. The van der Waals surface area contributed by atoms with E-state index in [2.05, 4.69) is 9.88 Å². The van der Waals surface area contributed by atoms with Gasteiger partial charge in [-0.3, -0.25) is 9.69 Å². The molecule has 3 aromatic rings. The van der Waals surface area contributed by atoms with Gasteiger partial charge in [-0.25, -0.2) is 21.8 Å². The number of imidazole rings is 1. The number of hydrogen-bond donors (Lipinski definition) is 0. The van der Waals surface area contributed by atoms with Crippen LogP contribution in [0.25, 0.3) is 11.0 Å². The van der Waals surface area contributed by atoms with Crippen molar-refractivity contribution in [3.63, 3.8) is 0 Å². The van der Waals surface area contributed by atoms with E-state index in [0.29, 0.717) is 35.7 Å². The van der Waals surface area contributed by atoms with Gasteiger partial charge < -0.3 is 4.90 Å². The molecule has 2 aromatic carbocycles. The monoisotopic (exact) mass is 456 g/mol. The lowest BCUT2D eigenvalue weighted by atomic mass is 10.1. The molecule has 1 saturated carbocycles. The highest BCUT2D eigenvalue weighted by atomic mass is 32.2. The molecule has 5 rings (SSSR count). The number of carbonyl (C=O) groups is 1. The molecular weight excluding hydrogens is 431 g/mol. The van der Waals surface area contributed by atoms with E-state index in [9.17, 15) is 17.6 Å². The molecule has 0 atom stereocenters. The van der Waals surface area contributed by atoms with Crippen LogP contribution in [0, 0.1) is 5.82 Å². The summed E-state index contributed by atoms with van der Waals surface area (Å²) in [7, 11) is -4.05. The third-order valence-corrected chi connectivity index (χ3v) is 8.23. The van der Waals surface area contributed by atoms with Crippen molar-refractivity contribution in [1.82, 2.24) is 18.8 Å². The Balaban J connectivity index is 1.41. The molecule has 168 valence electrons. The highest BCUT2D eigenvalue weighted by molar-refractivity contribution is 7.90. The van der Waals surface area contributed by atoms with E-state index in [1.165, 1.54) is 50.2 Å². The number of nitrogens with zero attached hydrogens (tertiary/aromatic N) is 4. The lowest BCUT2D eigenvalue weighted by Crippen LogP contribution is -2.51. The number of piperazine rings is 1. The average molecular weight is 457 g/mol. The summed E-state index contributed by atoms with van der Waals surface area (Å²) in [6.07, 6.45) is 6.23. The van der Waals surface area contributed by atoms with Crippen molar-refractivity contribution in [3.05, 3.63) is 60.2 Å². The van der Waals surface area contributed by atoms with Gasteiger partial charge in [0, 0.05) is 32.2 Å². The fraction of sp³-hybridized carbons (Fsp3) is 0.391. The van der Waals surface area contributed by atoms with Gasteiger partial charge in [0.2, 0.25) is 0 Å². The maximum absolute atomic E-state index is 13.6. The Morgan fingerprint density at radius 1 is 1.00 bits per heavy atom. The zero-order chi connectivity index (χ0) is 22.3. The van der Waals surface area contributed by atoms with Crippen LogP contribution in [0.15, 0.2) is 53.7 Å². The number of carbonyl (C=O) groups excluding carboxylic acids is 1. The predicted octanol–water partition coefficient (Wildman–Crippen LogP) is 3.11. The van der Waals surface area contributed by atoms with Crippen molar-refractivity contribution in [3.8, 4) is 0 Å². The number of fused-ring (bicyclic) bond motifs is 1. The number of amides is 1. The Bertz CT molecular complexity index is 1260. The van der Waals surface area contributed by atoms with Crippen LogP contribution in [0.1, 0.15) is 36.0 Å². The van der Waals surface area contributed by atoms with Crippen LogP contribution in [0.2, 0.25) is 0 Å². The second-order valence-corrected chi connectivity index (χ2v) is 10.3. The topological polar surface area (TPSA) is 75.5 Å². The first kappa shape index (κ1) is 21.1. The Labute approximate surface area is 186 Å². The molecule has 7 nitrogen and oxygen atoms in total. The molecular formula is C23H25FN4O3S. The molecule has 0 N–H and O–H groups in total. The number of halogens is 1. The van der Waals surface area contributed by atoms with Gasteiger partial charge in [0.1, 0.15) is 17.7 Å². The molecule has 2 heterocycles. The molecule has 0 radical (unpaired) electrons. The lowest BCUT2D eigenvalue weighted by molar-refractivity contribution is 0.0575. The summed E-state index contributed by atoms with van der Waals surface area (Å²) < 4.78 is 40.7. The second kappa shape index (κ2) is 8.29. The summed E-state index contributed by atoms with van der Waals surface area (Å²) in [4.78, 5) is 21.7. The largest absolute Gasteiger partial charge is 0.336 e. The Hall–Kier alpha value is -2.78. The van der Waals surface area contributed by atoms with E-state index >= 15 is 0 Å². The first-order valence-electron chi connectivity index (χ1n) is 11.0. The molecule has 9 heteroatoms. The second-order valence-electron chi connectivity index (χ2n) is 8.44. The van der Waals surface area contributed by atoms with Gasteiger partial charge in [-0.2, -0.15) is 0 Å². The van der Waals surface area contributed by atoms with Gasteiger partial charge in [0.05, 0.1) is 16.0 Å². The third-order valence-electron chi connectivity index (χ3n) is 6.57. The molecule has 32 heavy (non-hydrogen) atoms. The highest BCUT2D eigenvalue weighted by Gasteiger charge is 2.30. The van der Waals surface area contributed by atoms with Crippen molar-refractivity contribution < 1.29 is 17.6 Å². The van der Waals surface area contributed by atoms with Crippen LogP contribution >= 0.6 is 0 Å². The first-order chi connectivity index (χ1) is 15.4. The number of benzene rings is 2. The predicted molar refractivity (Wildman–Crippen MR) is 118 cm³/mol. The molecule has 0 unspecified atom stereocenters. The zero-order valence-electron chi connectivity index (χ0n) is 17.7. The number of rotatable bonds is 4. The van der Waals surface area contributed by atoms with Crippen LogP contribution in [0.4, 0.5) is 4.39 Å². The molecule has 0 bridgehead atoms. The average Bonchev–Trinajstić information content (AvgIpc) is 3.49. The van der Waals surface area contributed by atoms with Crippen LogP contribution in [0.5, 0.6) is 0 Å². The van der Waals surface area contributed by atoms with Gasteiger partial charge in [-0.05, 0) is 43.2 Å². The van der Waals surface area contributed by atoms with Crippen molar-refractivity contribution in [1.29, 1.82) is 0 Å². The van der Waals surface area contributed by atoms with E-state index in [0.717, 1.165) is 23.1 Å². The summed E-state index contributed by atoms with van der Waals surface area (Å²) in [5.74, 6) is -0.779. The maximum atomic E-state index is 13.6. The minimum absolute atomic E-state index is 0.143. The molecule has 1 aliphatic carbocycles. The number of para-hydroxylation sites is 1. The van der Waals surface area contributed by atoms with Crippen LogP contribution in [-0.2, 0) is 10.0 Å². The molecule has 1 aliphatic heterocycles. The van der Waals surface area contributed by atoms with Crippen molar-refractivity contribution >= 4 is 27.0 Å². The molecule has 2 fully saturated rings. The summed E-state index contributed by atoms with van der Waals surface area (Å²) in [6.45, 7) is 3.01. The number of hydrogen-bond acceptors (Lipinski definition) is 5. The van der Waals surface area contributed by atoms with Gasteiger partial charge in [0.25, 0.3) is 15.9 Å². The molecule has 1 amide bonds. The Kier molecular flexibility index (Phi) is 5.46. The fourth-order valence-electron chi connectivity index (χ4n) is 4.85. The highest BCUT2D eigenvalue weighted by Crippen LogP contribution is 2.26. The normalized spacial score (nSPS) is 18.5. The SMILES string of the molecule is O=C(c1cccc2c1ncn2S(=O)(=O)c1cccc(F)c1)N1CCN(C2CCCC2)CC1. The molecule has 2 aliphatic rings. The fourth-order valence-corrected chi connectivity index (χ4v) is 6.17. The van der Waals surface area contributed by atoms with E-state index in [1.807, 2.05) is 4.90 Å². The quantitative estimate of drug-likeness (QED) is 0.603. The summed E-state index contributed by atoms with van der Waals surface area (Å²) >= 11 is 0. The summed E-state index contributed by atoms with van der Waals surface area (Å²) in [5, 5.41) is 0. The van der Waals surface area contributed by atoms with Gasteiger partial charge in [0.15, 0.2) is 0 Å². The lowest BCUT2D eigenvalue weighted by Gasteiger charge is -2.38. The van der Waals surface area contributed by atoms with E-state index in [4.69, 9.17) is 0 Å². The van der Waals surface area contributed by atoms with E-state index in [-0.39, 0.29) is 10.8 Å². The molecule has 1 aromatic heterocycles. The van der Waals surface area contributed by atoms with Crippen molar-refractivity contribution in [2.75, 3.05) is 26.2 Å². The van der Waals surface area contributed by atoms with Gasteiger partial charge in [-0.15, -0.1) is 0 Å². The molecule has 0 spiro atoms. The minimum Gasteiger partial charge on any atom is -0.336 e. The molecule has 1 saturated heterocycles.